The lowest BCUT2D eigenvalue weighted by atomic mass is 10.2. The lowest BCUT2D eigenvalue weighted by Gasteiger charge is -2.33. The van der Waals surface area contributed by atoms with E-state index in [9.17, 15) is 0 Å². The first-order chi connectivity index (χ1) is 9.19. The van der Waals surface area contributed by atoms with Crippen molar-refractivity contribution >= 4 is 11.8 Å². The van der Waals surface area contributed by atoms with Crippen molar-refractivity contribution in [1.82, 2.24) is 10.2 Å². The average Bonchev–Trinajstić information content (AvgIpc) is 3.06. The van der Waals surface area contributed by atoms with Gasteiger partial charge in [-0.1, -0.05) is 13.8 Å². The topological polar surface area (TPSA) is 28.4 Å². The second-order valence-corrected chi connectivity index (χ2v) is 7.91. The third-order valence-electron chi connectivity index (χ3n) is 3.75. The van der Waals surface area contributed by atoms with Crippen LogP contribution in [-0.2, 0) is 13.1 Å². The number of nitrogens with zero attached hydrogens (tertiary/aromatic N) is 1. The number of hydrogen-bond donors (Lipinski definition) is 1. The fourth-order valence-corrected chi connectivity index (χ4v) is 4.17. The van der Waals surface area contributed by atoms with Crippen LogP contribution in [0.1, 0.15) is 38.0 Å². The molecule has 2 heterocycles. The first kappa shape index (κ1) is 13.5. The number of rotatable bonds is 5. The molecule has 1 saturated heterocycles. The van der Waals surface area contributed by atoms with Gasteiger partial charge in [0, 0.05) is 41.7 Å². The van der Waals surface area contributed by atoms with Crippen molar-refractivity contribution in [2.24, 2.45) is 0 Å². The first-order valence-corrected chi connectivity index (χ1v) is 8.31. The molecule has 1 aliphatic carbocycles. The minimum absolute atomic E-state index is 0.731. The van der Waals surface area contributed by atoms with E-state index in [1.54, 1.807) is 0 Å². The highest BCUT2D eigenvalue weighted by molar-refractivity contribution is 8.00. The molecule has 106 valence electrons. The van der Waals surface area contributed by atoms with Crippen LogP contribution in [0.5, 0.6) is 0 Å². The quantitative estimate of drug-likeness (QED) is 0.898. The van der Waals surface area contributed by atoms with Crippen molar-refractivity contribution in [1.29, 1.82) is 0 Å². The van der Waals surface area contributed by atoms with Crippen molar-refractivity contribution in [3.63, 3.8) is 0 Å². The Morgan fingerprint density at radius 1 is 1.32 bits per heavy atom. The van der Waals surface area contributed by atoms with E-state index in [1.807, 2.05) is 6.26 Å². The summed E-state index contributed by atoms with van der Waals surface area (Å²) in [6, 6.07) is 2.98. The van der Waals surface area contributed by atoms with E-state index in [0.717, 1.165) is 35.4 Å². The maximum Gasteiger partial charge on any atom is 0.118 e. The zero-order chi connectivity index (χ0) is 13.2. The van der Waals surface area contributed by atoms with E-state index in [2.05, 4.69) is 41.9 Å². The third kappa shape index (κ3) is 4.01. The number of thioether (sulfide) groups is 1. The van der Waals surface area contributed by atoms with Crippen LogP contribution in [0.25, 0.3) is 0 Å². The van der Waals surface area contributed by atoms with Gasteiger partial charge in [0.25, 0.3) is 0 Å². The fourth-order valence-electron chi connectivity index (χ4n) is 2.79. The van der Waals surface area contributed by atoms with Gasteiger partial charge >= 0.3 is 0 Å². The van der Waals surface area contributed by atoms with Crippen LogP contribution in [-0.4, -0.2) is 34.5 Å². The molecule has 1 N–H and O–H groups in total. The molecule has 1 aromatic heterocycles. The Morgan fingerprint density at radius 2 is 2.05 bits per heavy atom. The highest BCUT2D eigenvalue weighted by Crippen LogP contribution is 2.26. The SMILES string of the molecule is CC1CN(Cc2cc(CNC3CC3)co2)CC(C)S1. The molecule has 0 amide bonds. The zero-order valence-corrected chi connectivity index (χ0v) is 12.7. The monoisotopic (exact) mass is 280 g/mol. The highest BCUT2D eigenvalue weighted by atomic mass is 32.2. The van der Waals surface area contributed by atoms with E-state index in [0.29, 0.717) is 0 Å². The largest absolute Gasteiger partial charge is 0.468 e. The van der Waals surface area contributed by atoms with Gasteiger partial charge in [0.1, 0.15) is 5.76 Å². The maximum absolute atomic E-state index is 5.70. The normalized spacial score (nSPS) is 28.7. The Labute approximate surface area is 120 Å². The van der Waals surface area contributed by atoms with Crippen molar-refractivity contribution in [3.05, 3.63) is 23.7 Å². The molecule has 3 nitrogen and oxygen atoms in total. The van der Waals surface area contributed by atoms with Gasteiger partial charge in [-0.25, -0.2) is 0 Å². The van der Waals surface area contributed by atoms with Gasteiger partial charge in [0.2, 0.25) is 0 Å². The Morgan fingerprint density at radius 3 is 2.74 bits per heavy atom. The van der Waals surface area contributed by atoms with E-state index < -0.39 is 0 Å². The Hall–Kier alpha value is -0.450. The van der Waals surface area contributed by atoms with Gasteiger partial charge in [0.15, 0.2) is 0 Å². The molecule has 1 aliphatic heterocycles. The van der Waals surface area contributed by atoms with Crippen LogP contribution in [0, 0.1) is 0 Å². The molecular weight excluding hydrogens is 256 g/mol. The number of furan rings is 1. The summed E-state index contributed by atoms with van der Waals surface area (Å²) in [7, 11) is 0. The molecule has 2 fully saturated rings. The zero-order valence-electron chi connectivity index (χ0n) is 11.9. The van der Waals surface area contributed by atoms with Crippen LogP contribution >= 0.6 is 11.8 Å². The molecule has 0 aromatic carbocycles. The summed E-state index contributed by atoms with van der Waals surface area (Å²) in [4.78, 5) is 2.52. The van der Waals surface area contributed by atoms with Gasteiger partial charge < -0.3 is 9.73 Å². The summed E-state index contributed by atoms with van der Waals surface area (Å²) >= 11 is 2.10. The Bertz CT molecular complexity index is 406. The fraction of sp³-hybridized carbons (Fsp3) is 0.733. The summed E-state index contributed by atoms with van der Waals surface area (Å²) < 4.78 is 5.70. The van der Waals surface area contributed by atoms with Gasteiger partial charge in [-0.2, -0.15) is 11.8 Å². The Kier molecular flexibility index (Phi) is 4.20. The first-order valence-electron chi connectivity index (χ1n) is 7.36. The number of nitrogens with one attached hydrogen (secondary N) is 1. The van der Waals surface area contributed by atoms with Crippen molar-refractivity contribution in [3.8, 4) is 0 Å². The molecule has 2 unspecified atom stereocenters. The predicted molar refractivity (Wildman–Crippen MR) is 80.4 cm³/mol. The van der Waals surface area contributed by atoms with Gasteiger partial charge in [-0.15, -0.1) is 0 Å². The number of hydrogen-bond acceptors (Lipinski definition) is 4. The van der Waals surface area contributed by atoms with Gasteiger partial charge in [0.05, 0.1) is 12.8 Å². The second-order valence-electron chi connectivity index (χ2n) is 6.03. The minimum Gasteiger partial charge on any atom is -0.468 e. The molecule has 0 radical (unpaired) electrons. The maximum atomic E-state index is 5.70. The molecule has 3 rings (SSSR count). The van der Waals surface area contributed by atoms with Crippen molar-refractivity contribution in [2.45, 2.75) is 56.3 Å². The van der Waals surface area contributed by atoms with Crippen LogP contribution in [0.15, 0.2) is 16.7 Å². The Balaban J connectivity index is 1.51. The molecule has 2 aliphatic rings. The summed E-state index contributed by atoms with van der Waals surface area (Å²) in [5, 5.41) is 4.99. The molecule has 1 aromatic rings. The molecule has 2 atom stereocenters. The van der Waals surface area contributed by atoms with Crippen LogP contribution in [0.2, 0.25) is 0 Å². The van der Waals surface area contributed by atoms with Crippen LogP contribution in [0.3, 0.4) is 0 Å². The molecular formula is C15H24N2OS. The minimum atomic E-state index is 0.731. The smallest absolute Gasteiger partial charge is 0.118 e. The van der Waals surface area contributed by atoms with Crippen LogP contribution < -0.4 is 5.32 Å². The molecule has 1 saturated carbocycles. The molecule has 0 bridgehead atoms. The molecule has 4 heteroatoms. The summed E-state index contributed by atoms with van der Waals surface area (Å²) in [5.74, 6) is 1.11. The average molecular weight is 280 g/mol. The molecule has 19 heavy (non-hydrogen) atoms. The van der Waals surface area contributed by atoms with Crippen molar-refractivity contribution in [2.75, 3.05) is 13.1 Å². The third-order valence-corrected chi connectivity index (χ3v) is 4.98. The standard InChI is InChI=1S/C15H24N2OS/c1-11-7-17(8-12(2)19-11)9-15-5-13(10-18-15)6-16-14-3-4-14/h5,10-12,14,16H,3-4,6-9H2,1-2H3. The van der Waals surface area contributed by atoms with E-state index in [4.69, 9.17) is 4.42 Å². The van der Waals surface area contributed by atoms with E-state index in [-0.39, 0.29) is 0 Å². The van der Waals surface area contributed by atoms with Gasteiger partial charge in [-0.3, -0.25) is 4.90 Å². The van der Waals surface area contributed by atoms with Crippen LogP contribution in [0.4, 0.5) is 0 Å². The van der Waals surface area contributed by atoms with E-state index >= 15 is 0 Å². The summed E-state index contributed by atoms with van der Waals surface area (Å²) in [5.41, 5.74) is 1.29. The molecule has 0 spiro atoms. The summed E-state index contributed by atoms with van der Waals surface area (Å²) in [6.07, 6.45) is 4.59. The van der Waals surface area contributed by atoms with Gasteiger partial charge in [-0.05, 0) is 18.9 Å². The van der Waals surface area contributed by atoms with E-state index in [1.165, 1.54) is 31.5 Å². The second kappa shape index (κ2) is 5.90. The lowest BCUT2D eigenvalue weighted by Crippen LogP contribution is -2.39. The summed E-state index contributed by atoms with van der Waals surface area (Å²) in [6.45, 7) is 8.90. The highest BCUT2D eigenvalue weighted by Gasteiger charge is 2.23. The predicted octanol–water partition coefficient (Wildman–Crippen LogP) is 2.86. The van der Waals surface area contributed by atoms with Crippen molar-refractivity contribution < 1.29 is 4.42 Å². The lowest BCUT2D eigenvalue weighted by molar-refractivity contribution is 0.241.